The molecule has 0 unspecified atom stereocenters. The van der Waals surface area contributed by atoms with E-state index in [9.17, 15) is 14.9 Å². The number of carbonyl (C=O) groups excluding carboxylic acids is 1. The highest BCUT2D eigenvalue weighted by Crippen LogP contribution is 2.23. The van der Waals surface area contributed by atoms with E-state index < -0.39 is 4.92 Å². The van der Waals surface area contributed by atoms with Crippen molar-refractivity contribution in [2.24, 2.45) is 7.05 Å². The Morgan fingerprint density at radius 3 is 2.70 bits per heavy atom. The number of ether oxygens (including phenoxy) is 1. The van der Waals surface area contributed by atoms with E-state index >= 15 is 0 Å². The maximum atomic E-state index is 11.9. The Morgan fingerprint density at radius 2 is 2.15 bits per heavy atom. The molecule has 0 aliphatic heterocycles. The van der Waals surface area contributed by atoms with Gasteiger partial charge in [-0.05, 0) is 30.7 Å². The molecule has 104 valence electrons. The Labute approximate surface area is 115 Å². The molecule has 1 aromatic carbocycles. The minimum absolute atomic E-state index is 0.00334. The normalized spacial score (nSPS) is 10.3. The predicted molar refractivity (Wildman–Crippen MR) is 73.1 cm³/mol. The molecular formula is C14H14N2O4. The van der Waals surface area contributed by atoms with Crippen LogP contribution in [0.5, 0.6) is 5.75 Å². The fraction of sp³-hybridized carbons (Fsp3) is 0.214. The summed E-state index contributed by atoms with van der Waals surface area (Å²) in [4.78, 5) is 22.1. The molecule has 0 atom stereocenters. The highest BCUT2D eigenvalue weighted by molar-refractivity contribution is 5.95. The molecular weight excluding hydrogens is 260 g/mol. The number of aryl methyl sites for hydroxylation is 2. The molecule has 2 rings (SSSR count). The van der Waals surface area contributed by atoms with Gasteiger partial charge in [0.05, 0.1) is 10.6 Å². The van der Waals surface area contributed by atoms with Gasteiger partial charge in [-0.25, -0.2) is 0 Å². The zero-order valence-corrected chi connectivity index (χ0v) is 11.2. The van der Waals surface area contributed by atoms with Gasteiger partial charge in [0.25, 0.3) is 5.69 Å². The molecule has 0 N–H and O–H groups in total. The van der Waals surface area contributed by atoms with Gasteiger partial charge in [0.1, 0.15) is 5.75 Å². The van der Waals surface area contributed by atoms with Crippen molar-refractivity contribution in [1.82, 2.24) is 4.57 Å². The van der Waals surface area contributed by atoms with Crippen LogP contribution in [0.3, 0.4) is 0 Å². The molecule has 0 aliphatic rings. The monoisotopic (exact) mass is 274 g/mol. The number of Topliss-reactive ketones (excluding diaryl/α,β-unsaturated/α-hetero) is 1. The van der Waals surface area contributed by atoms with Crippen LogP contribution in [0, 0.1) is 17.0 Å². The van der Waals surface area contributed by atoms with Crippen LogP contribution in [-0.2, 0) is 7.05 Å². The summed E-state index contributed by atoms with van der Waals surface area (Å²) in [6.07, 6.45) is 1.78. The maximum Gasteiger partial charge on any atom is 0.269 e. The number of nitro benzene ring substituents is 1. The number of hydrogen-bond acceptors (Lipinski definition) is 4. The van der Waals surface area contributed by atoms with Crippen molar-refractivity contribution in [1.29, 1.82) is 0 Å². The lowest BCUT2D eigenvalue weighted by Gasteiger charge is -2.08. The van der Waals surface area contributed by atoms with Gasteiger partial charge in [0.2, 0.25) is 5.78 Å². The van der Waals surface area contributed by atoms with Crippen LogP contribution in [0.25, 0.3) is 0 Å². The highest BCUT2D eigenvalue weighted by Gasteiger charge is 2.12. The first-order chi connectivity index (χ1) is 9.49. The first-order valence-corrected chi connectivity index (χ1v) is 6.01. The summed E-state index contributed by atoms with van der Waals surface area (Å²) in [5, 5.41) is 10.6. The summed E-state index contributed by atoms with van der Waals surface area (Å²) in [6.45, 7) is 1.60. The van der Waals surface area contributed by atoms with E-state index in [-0.39, 0.29) is 18.1 Å². The quantitative estimate of drug-likeness (QED) is 0.477. The SMILES string of the molecule is Cc1cc([N+](=O)[O-])ccc1OCC(=O)c1cccn1C. The molecule has 0 aliphatic carbocycles. The zero-order chi connectivity index (χ0) is 14.7. The van der Waals surface area contributed by atoms with Crippen molar-refractivity contribution in [2.45, 2.75) is 6.92 Å². The number of rotatable bonds is 5. The summed E-state index contributed by atoms with van der Waals surface area (Å²) in [5.41, 5.74) is 1.19. The largest absolute Gasteiger partial charge is 0.485 e. The van der Waals surface area contributed by atoms with Gasteiger partial charge in [-0.1, -0.05) is 0 Å². The first-order valence-electron chi connectivity index (χ1n) is 6.01. The van der Waals surface area contributed by atoms with Crippen LogP contribution >= 0.6 is 0 Å². The Kier molecular flexibility index (Phi) is 3.84. The average Bonchev–Trinajstić information content (AvgIpc) is 2.83. The van der Waals surface area contributed by atoms with E-state index in [1.54, 1.807) is 36.9 Å². The molecule has 1 aromatic heterocycles. The van der Waals surface area contributed by atoms with E-state index in [0.29, 0.717) is 17.0 Å². The van der Waals surface area contributed by atoms with Crippen LogP contribution in [0.1, 0.15) is 16.1 Å². The number of nitro groups is 1. The van der Waals surface area contributed by atoms with E-state index in [4.69, 9.17) is 4.74 Å². The molecule has 6 nitrogen and oxygen atoms in total. The molecule has 0 amide bonds. The van der Waals surface area contributed by atoms with E-state index in [1.807, 2.05) is 0 Å². The Balaban J connectivity index is 2.06. The third kappa shape index (κ3) is 2.85. The van der Waals surface area contributed by atoms with Gasteiger partial charge < -0.3 is 9.30 Å². The highest BCUT2D eigenvalue weighted by atomic mass is 16.6. The second-order valence-corrected chi connectivity index (χ2v) is 4.42. The first kappa shape index (κ1) is 13.8. The summed E-state index contributed by atoms with van der Waals surface area (Å²) < 4.78 is 7.14. The van der Waals surface area contributed by atoms with Crippen molar-refractivity contribution in [3.05, 3.63) is 57.9 Å². The minimum Gasteiger partial charge on any atom is -0.485 e. The van der Waals surface area contributed by atoms with E-state index in [0.717, 1.165) is 0 Å². The lowest BCUT2D eigenvalue weighted by atomic mass is 10.2. The van der Waals surface area contributed by atoms with Crippen molar-refractivity contribution in [3.63, 3.8) is 0 Å². The molecule has 6 heteroatoms. The number of aromatic nitrogens is 1. The van der Waals surface area contributed by atoms with Crippen LogP contribution in [-0.4, -0.2) is 21.9 Å². The van der Waals surface area contributed by atoms with Crippen LogP contribution in [0.4, 0.5) is 5.69 Å². The van der Waals surface area contributed by atoms with Gasteiger partial charge >= 0.3 is 0 Å². The molecule has 0 spiro atoms. The van der Waals surface area contributed by atoms with Crippen LogP contribution in [0.2, 0.25) is 0 Å². The summed E-state index contributed by atoms with van der Waals surface area (Å²) in [7, 11) is 1.78. The number of nitrogens with zero attached hydrogens (tertiary/aromatic N) is 2. The molecule has 0 saturated heterocycles. The molecule has 0 bridgehead atoms. The lowest BCUT2D eigenvalue weighted by molar-refractivity contribution is -0.384. The smallest absolute Gasteiger partial charge is 0.269 e. The molecule has 0 radical (unpaired) electrons. The molecule has 2 aromatic rings. The third-order valence-corrected chi connectivity index (χ3v) is 2.96. The number of hydrogen-bond donors (Lipinski definition) is 0. The summed E-state index contributed by atoms with van der Waals surface area (Å²) in [6, 6.07) is 7.78. The van der Waals surface area contributed by atoms with Gasteiger partial charge in [0, 0.05) is 25.4 Å². The molecule has 20 heavy (non-hydrogen) atoms. The fourth-order valence-electron chi connectivity index (χ4n) is 1.88. The van der Waals surface area contributed by atoms with Crippen LogP contribution in [0.15, 0.2) is 36.5 Å². The number of benzene rings is 1. The maximum absolute atomic E-state index is 11.9. The number of non-ortho nitro benzene ring substituents is 1. The average molecular weight is 274 g/mol. The van der Waals surface area contributed by atoms with E-state index in [1.165, 1.54) is 18.2 Å². The second kappa shape index (κ2) is 5.56. The van der Waals surface area contributed by atoms with Crippen molar-refractivity contribution in [3.8, 4) is 5.75 Å². The van der Waals surface area contributed by atoms with Crippen molar-refractivity contribution >= 4 is 11.5 Å². The van der Waals surface area contributed by atoms with Crippen molar-refractivity contribution < 1.29 is 14.5 Å². The fourth-order valence-corrected chi connectivity index (χ4v) is 1.88. The van der Waals surface area contributed by atoms with Gasteiger partial charge in [-0.15, -0.1) is 0 Å². The van der Waals surface area contributed by atoms with E-state index in [2.05, 4.69) is 0 Å². The van der Waals surface area contributed by atoms with Gasteiger partial charge in [-0.3, -0.25) is 14.9 Å². The van der Waals surface area contributed by atoms with Gasteiger partial charge in [0.15, 0.2) is 6.61 Å². The third-order valence-electron chi connectivity index (χ3n) is 2.96. The second-order valence-electron chi connectivity index (χ2n) is 4.42. The summed E-state index contributed by atoms with van der Waals surface area (Å²) in [5.74, 6) is 0.327. The molecule has 0 fully saturated rings. The van der Waals surface area contributed by atoms with Gasteiger partial charge in [-0.2, -0.15) is 0 Å². The minimum atomic E-state index is -0.466. The molecule has 1 heterocycles. The lowest BCUT2D eigenvalue weighted by Crippen LogP contribution is -2.15. The summed E-state index contributed by atoms with van der Waals surface area (Å²) >= 11 is 0. The standard InChI is InChI=1S/C14H14N2O4/c1-10-8-11(16(18)19)5-6-14(10)20-9-13(17)12-4-3-7-15(12)2/h3-8H,9H2,1-2H3. The Bertz CT molecular complexity index is 661. The number of ketones is 1. The molecule has 0 saturated carbocycles. The topological polar surface area (TPSA) is 74.4 Å². The number of carbonyl (C=O) groups is 1. The van der Waals surface area contributed by atoms with Crippen molar-refractivity contribution in [2.75, 3.05) is 6.61 Å². The zero-order valence-electron chi connectivity index (χ0n) is 11.2. The Hall–Kier alpha value is -2.63. The van der Waals surface area contributed by atoms with Crippen LogP contribution < -0.4 is 4.74 Å². The Morgan fingerprint density at radius 1 is 1.40 bits per heavy atom. The predicted octanol–water partition coefficient (Wildman–Crippen LogP) is 2.50.